The minimum absolute atomic E-state index is 0.153. The SMILES string of the molecule is CC(=O)C(F)(C(=O)O)c1ccccc1. The van der Waals surface area contributed by atoms with Gasteiger partial charge in [0.05, 0.1) is 0 Å². The Labute approximate surface area is 80.2 Å². The summed E-state index contributed by atoms with van der Waals surface area (Å²) >= 11 is 0. The molecule has 0 fully saturated rings. The maximum atomic E-state index is 13.8. The molecule has 0 amide bonds. The number of carbonyl (C=O) groups excluding carboxylic acids is 1. The van der Waals surface area contributed by atoms with E-state index in [0.29, 0.717) is 0 Å². The molecule has 14 heavy (non-hydrogen) atoms. The second-order valence-corrected chi connectivity index (χ2v) is 2.89. The summed E-state index contributed by atoms with van der Waals surface area (Å²) in [7, 11) is 0. The molecule has 4 heteroatoms. The van der Waals surface area contributed by atoms with Crippen LogP contribution in [-0.4, -0.2) is 16.9 Å². The lowest BCUT2D eigenvalue weighted by molar-refractivity contribution is -0.157. The monoisotopic (exact) mass is 196 g/mol. The first-order valence-electron chi connectivity index (χ1n) is 3.98. The molecule has 0 spiro atoms. The lowest BCUT2D eigenvalue weighted by Gasteiger charge is -2.17. The lowest BCUT2D eigenvalue weighted by atomic mass is 9.92. The van der Waals surface area contributed by atoms with Crippen LogP contribution < -0.4 is 0 Å². The maximum absolute atomic E-state index is 13.8. The van der Waals surface area contributed by atoms with Crippen molar-refractivity contribution in [2.24, 2.45) is 0 Å². The fourth-order valence-corrected chi connectivity index (χ4v) is 1.15. The average molecular weight is 196 g/mol. The van der Waals surface area contributed by atoms with Crippen LogP contribution in [0.5, 0.6) is 0 Å². The third kappa shape index (κ3) is 1.51. The molecule has 1 rings (SSSR count). The summed E-state index contributed by atoms with van der Waals surface area (Å²) in [6.45, 7) is 0.918. The zero-order valence-electron chi connectivity index (χ0n) is 7.53. The van der Waals surface area contributed by atoms with Crippen molar-refractivity contribution in [1.82, 2.24) is 0 Å². The number of carboxylic acids is 1. The first-order chi connectivity index (χ1) is 6.49. The molecule has 0 heterocycles. The van der Waals surface area contributed by atoms with E-state index in [9.17, 15) is 14.0 Å². The van der Waals surface area contributed by atoms with Crippen LogP contribution in [0, 0.1) is 0 Å². The molecule has 3 nitrogen and oxygen atoms in total. The smallest absolute Gasteiger partial charge is 0.354 e. The second-order valence-electron chi connectivity index (χ2n) is 2.89. The Morgan fingerprint density at radius 3 is 2.14 bits per heavy atom. The molecule has 0 saturated carbocycles. The van der Waals surface area contributed by atoms with E-state index in [4.69, 9.17) is 5.11 Å². The van der Waals surface area contributed by atoms with Crippen molar-refractivity contribution in [2.45, 2.75) is 12.6 Å². The Kier molecular flexibility index (Phi) is 2.65. The number of hydrogen-bond acceptors (Lipinski definition) is 2. The largest absolute Gasteiger partial charge is 0.478 e. The highest BCUT2D eigenvalue weighted by Gasteiger charge is 2.45. The number of ketones is 1. The van der Waals surface area contributed by atoms with Crippen molar-refractivity contribution >= 4 is 11.8 Å². The highest BCUT2D eigenvalue weighted by atomic mass is 19.1. The number of carbonyl (C=O) groups is 2. The third-order valence-electron chi connectivity index (χ3n) is 1.95. The van der Waals surface area contributed by atoms with Crippen LogP contribution in [0.4, 0.5) is 4.39 Å². The van der Waals surface area contributed by atoms with E-state index >= 15 is 0 Å². The van der Waals surface area contributed by atoms with Gasteiger partial charge in [-0.15, -0.1) is 0 Å². The number of halogens is 1. The molecular weight excluding hydrogens is 187 g/mol. The Morgan fingerprint density at radius 2 is 1.79 bits per heavy atom. The summed E-state index contributed by atoms with van der Waals surface area (Å²) in [4.78, 5) is 21.6. The average Bonchev–Trinajstić information content (AvgIpc) is 2.17. The predicted octanol–water partition coefficient (Wildman–Crippen LogP) is 1.52. The number of benzene rings is 1. The van der Waals surface area contributed by atoms with Gasteiger partial charge in [-0.2, -0.15) is 0 Å². The van der Waals surface area contributed by atoms with Crippen LogP contribution in [-0.2, 0) is 15.3 Å². The van der Waals surface area contributed by atoms with Crippen molar-refractivity contribution in [3.63, 3.8) is 0 Å². The predicted molar refractivity (Wildman–Crippen MR) is 47.5 cm³/mol. The summed E-state index contributed by atoms with van der Waals surface area (Å²) < 4.78 is 13.8. The van der Waals surface area contributed by atoms with E-state index in [0.717, 1.165) is 6.92 Å². The van der Waals surface area contributed by atoms with Gasteiger partial charge in [0.2, 0.25) is 0 Å². The van der Waals surface area contributed by atoms with E-state index < -0.39 is 17.4 Å². The highest BCUT2D eigenvalue weighted by molar-refractivity contribution is 6.05. The van der Waals surface area contributed by atoms with Gasteiger partial charge in [-0.25, -0.2) is 9.18 Å². The van der Waals surface area contributed by atoms with E-state index in [1.54, 1.807) is 6.07 Å². The van der Waals surface area contributed by atoms with Gasteiger partial charge in [-0.1, -0.05) is 30.3 Å². The van der Waals surface area contributed by atoms with Gasteiger partial charge in [0.25, 0.3) is 5.67 Å². The van der Waals surface area contributed by atoms with Crippen LogP contribution >= 0.6 is 0 Å². The molecule has 1 unspecified atom stereocenters. The third-order valence-corrected chi connectivity index (χ3v) is 1.95. The molecule has 1 aromatic rings. The van der Waals surface area contributed by atoms with Crippen molar-refractivity contribution in [3.8, 4) is 0 Å². The Morgan fingerprint density at radius 1 is 1.29 bits per heavy atom. The second kappa shape index (κ2) is 3.57. The molecule has 0 aromatic heterocycles. The summed E-state index contributed by atoms with van der Waals surface area (Å²) in [5.74, 6) is -2.81. The van der Waals surface area contributed by atoms with E-state index in [2.05, 4.69) is 0 Å². The van der Waals surface area contributed by atoms with E-state index in [-0.39, 0.29) is 5.56 Å². The molecule has 1 atom stereocenters. The van der Waals surface area contributed by atoms with Crippen LogP contribution in [0.15, 0.2) is 30.3 Å². The lowest BCUT2D eigenvalue weighted by Crippen LogP contribution is -2.37. The maximum Gasteiger partial charge on any atom is 0.354 e. The van der Waals surface area contributed by atoms with Crippen LogP contribution in [0.3, 0.4) is 0 Å². The molecule has 1 N–H and O–H groups in total. The van der Waals surface area contributed by atoms with Gasteiger partial charge in [-0.3, -0.25) is 4.79 Å². The van der Waals surface area contributed by atoms with Gasteiger partial charge in [-0.05, 0) is 6.92 Å². The zero-order valence-corrected chi connectivity index (χ0v) is 7.53. The van der Waals surface area contributed by atoms with Crippen LogP contribution in [0.25, 0.3) is 0 Å². The molecule has 0 aliphatic carbocycles. The first-order valence-corrected chi connectivity index (χ1v) is 3.98. The van der Waals surface area contributed by atoms with Crippen LogP contribution in [0.1, 0.15) is 12.5 Å². The minimum Gasteiger partial charge on any atom is -0.478 e. The standard InChI is InChI=1S/C10H9FO3/c1-7(12)10(11,9(13)14)8-5-3-2-4-6-8/h2-6H,1H3,(H,13,14). The van der Waals surface area contributed by atoms with Gasteiger partial charge >= 0.3 is 5.97 Å². The normalized spacial score (nSPS) is 14.4. The first kappa shape index (κ1) is 10.4. The fourth-order valence-electron chi connectivity index (χ4n) is 1.15. The zero-order chi connectivity index (χ0) is 10.8. The van der Waals surface area contributed by atoms with Crippen molar-refractivity contribution < 1.29 is 19.1 Å². The number of alkyl halides is 1. The summed E-state index contributed by atoms with van der Waals surface area (Å²) in [5.41, 5.74) is -3.08. The van der Waals surface area contributed by atoms with Crippen molar-refractivity contribution in [1.29, 1.82) is 0 Å². The molecule has 74 valence electrons. The van der Waals surface area contributed by atoms with E-state index in [1.165, 1.54) is 24.3 Å². The highest BCUT2D eigenvalue weighted by Crippen LogP contribution is 2.27. The number of aliphatic carboxylic acids is 1. The van der Waals surface area contributed by atoms with Crippen molar-refractivity contribution in [3.05, 3.63) is 35.9 Å². The number of rotatable bonds is 3. The van der Waals surface area contributed by atoms with Gasteiger partial charge < -0.3 is 5.11 Å². The Bertz CT molecular complexity index is 345. The van der Waals surface area contributed by atoms with Crippen LogP contribution in [0.2, 0.25) is 0 Å². The molecule has 0 saturated heterocycles. The van der Waals surface area contributed by atoms with Gasteiger partial charge in [0, 0.05) is 5.56 Å². The Balaban J connectivity index is 3.27. The number of Topliss-reactive ketones (excluding diaryl/α,β-unsaturated/α-hetero) is 1. The summed E-state index contributed by atoms with van der Waals surface area (Å²) in [6, 6.07) is 7.13. The number of hydrogen-bond donors (Lipinski definition) is 1. The van der Waals surface area contributed by atoms with E-state index in [1.807, 2.05) is 0 Å². The van der Waals surface area contributed by atoms with Crippen molar-refractivity contribution in [2.75, 3.05) is 0 Å². The summed E-state index contributed by atoms with van der Waals surface area (Å²) in [5, 5.41) is 8.66. The molecule has 1 aromatic carbocycles. The fraction of sp³-hybridized carbons (Fsp3) is 0.200. The molecule has 0 aliphatic rings. The topological polar surface area (TPSA) is 54.4 Å². The molecular formula is C10H9FO3. The van der Waals surface area contributed by atoms with Gasteiger partial charge in [0.1, 0.15) is 0 Å². The number of carboxylic acid groups (broad SMARTS) is 1. The quantitative estimate of drug-likeness (QED) is 0.746. The summed E-state index contributed by atoms with van der Waals surface area (Å²) in [6.07, 6.45) is 0. The van der Waals surface area contributed by atoms with Gasteiger partial charge in [0.15, 0.2) is 5.78 Å². The minimum atomic E-state index is -2.93. The Hall–Kier alpha value is -1.71. The molecule has 0 aliphatic heterocycles. The molecule has 0 radical (unpaired) electrons. The molecule has 0 bridgehead atoms.